The molecule has 2 aromatic carbocycles. The molecule has 0 radical (unpaired) electrons. The van der Waals surface area contributed by atoms with Crippen molar-refractivity contribution >= 4 is 11.4 Å². The van der Waals surface area contributed by atoms with E-state index in [2.05, 4.69) is 0 Å². The molecule has 2 rings (SSSR count). The van der Waals surface area contributed by atoms with Crippen molar-refractivity contribution in [2.75, 3.05) is 11.9 Å². The lowest BCUT2D eigenvalue weighted by molar-refractivity contribution is 0.380. The van der Waals surface area contributed by atoms with Crippen molar-refractivity contribution in [2.45, 2.75) is 0 Å². The quantitative estimate of drug-likeness (QED) is 0.453. The first-order valence-electron chi connectivity index (χ1n) is 5.35. The molecule has 0 saturated carbocycles. The summed E-state index contributed by atoms with van der Waals surface area (Å²) in [6.07, 6.45) is 0. The number of benzene rings is 2. The molecule has 106 valence electrons. The van der Waals surface area contributed by atoms with Crippen molar-refractivity contribution in [1.82, 2.24) is 0 Å². The van der Waals surface area contributed by atoms with Crippen LogP contribution in [0.15, 0.2) is 24.3 Å². The lowest BCUT2D eigenvalue weighted by atomic mass is 10.2. The van der Waals surface area contributed by atoms with Gasteiger partial charge in [-0.25, -0.2) is 26.3 Å². The third-order valence-corrected chi connectivity index (χ3v) is 2.74. The van der Waals surface area contributed by atoms with Crippen molar-refractivity contribution in [1.29, 1.82) is 0 Å². The van der Waals surface area contributed by atoms with Crippen LogP contribution in [-0.2, 0) is 0 Å². The van der Waals surface area contributed by atoms with Crippen LogP contribution in [0.25, 0.3) is 0 Å². The molecule has 0 bridgehead atoms. The molecule has 0 aromatic heterocycles. The standard InChI is InChI=1S/C13H7F6N/c1-20(7-4-2-6(14)3-5-7)13-11(18)9(16)8(15)10(17)12(13)19/h2-5H,1H3. The van der Waals surface area contributed by atoms with Gasteiger partial charge in [0.05, 0.1) is 0 Å². The first kappa shape index (κ1) is 14.2. The van der Waals surface area contributed by atoms with E-state index in [9.17, 15) is 26.3 Å². The molecular formula is C13H7F6N. The second-order valence-electron chi connectivity index (χ2n) is 3.95. The summed E-state index contributed by atoms with van der Waals surface area (Å²) in [5.41, 5.74) is -1.04. The number of anilines is 2. The molecule has 0 aliphatic rings. The largest absolute Gasteiger partial charge is 0.340 e. The van der Waals surface area contributed by atoms with Crippen molar-refractivity contribution in [2.24, 2.45) is 0 Å². The Balaban J connectivity index is 2.60. The summed E-state index contributed by atoms with van der Waals surface area (Å²) in [6, 6.07) is 4.29. The van der Waals surface area contributed by atoms with E-state index in [1.54, 1.807) is 0 Å². The summed E-state index contributed by atoms with van der Waals surface area (Å²) in [7, 11) is 1.10. The molecule has 0 aliphatic heterocycles. The third-order valence-electron chi connectivity index (χ3n) is 2.74. The normalized spacial score (nSPS) is 10.8. The Hall–Kier alpha value is -2.18. The second kappa shape index (κ2) is 5.07. The van der Waals surface area contributed by atoms with Crippen LogP contribution in [0.4, 0.5) is 37.7 Å². The van der Waals surface area contributed by atoms with Gasteiger partial charge in [0.2, 0.25) is 5.82 Å². The van der Waals surface area contributed by atoms with Gasteiger partial charge >= 0.3 is 0 Å². The molecule has 1 nitrogen and oxygen atoms in total. The Labute approximate surface area is 110 Å². The number of nitrogens with zero attached hydrogens (tertiary/aromatic N) is 1. The monoisotopic (exact) mass is 291 g/mol. The highest BCUT2D eigenvalue weighted by Crippen LogP contribution is 2.33. The van der Waals surface area contributed by atoms with Crippen molar-refractivity contribution < 1.29 is 26.3 Å². The van der Waals surface area contributed by atoms with Crippen LogP contribution in [0.1, 0.15) is 0 Å². The van der Waals surface area contributed by atoms with Crippen molar-refractivity contribution in [3.8, 4) is 0 Å². The highest BCUT2D eigenvalue weighted by atomic mass is 19.2. The first-order chi connectivity index (χ1) is 9.34. The Morgan fingerprint density at radius 1 is 0.650 bits per heavy atom. The molecule has 0 N–H and O–H groups in total. The number of hydrogen-bond acceptors (Lipinski definition) is 1. The first-order valence-corrected chi connectivity index (χ1v) is 5.35. The lowest BCUT2D eigenvalue weighted by Crippen LogP contribution is -2.16. The average Bonchev–Trinajstić information content (AvgIpc) is 2.44. The summed E-state index contributed by atoms with van der Waals surface area (Å²) in [6.45, 7) is 0. The van der Waals surface area contributed by atoms with Gasteiger partial charge in [0.25, 0.3) is 0 Å². The van der Waals surface area contributed by atoms with E-state index in [0.717, 1.165) is 36.2 Å². The van der Waals surface area contributed by atoms with Crippen LogP contribution < -0.4 is 4.90 Å². The maximum atomic E-state index is 13.6. The summed E-state index contributed by atoms with van der Waals surface area (Å²) >= 11 is 0. The van der Waals surface area contributed by atoms with E-state index in [1.807, 2.05) is 0 Å². The summed E-state index contributed by atoms with van der Waals surface area (Å²) in [5.74, 6) is -10.8. The molecule has 0 atom stereocenters. The summed E-state index contributed by atoms with van der Waals surface area (Å²) in [5, 5.41) is 0. The zero-order valence-electron chi connectivity index (χ0n) is 10.0. The molecular weight excluding hydrogens is 284 g/mol. The number of rotatable bonds is 2. The van der Waals surface area contributed by atoms with E-state index < -0.39 is 40.6 Å². The predicted molar refractivity (Wildman–Crippen MR) is 60.7 cm³/mol. The Bertz CT molecular complexity index is 624. The Morgan fingerprint density at radius 3 is 1.50 bits per heavy atom. The summed E-state index contributed by atoms with van der Waals surface area (Å²) in [4.78, 5) is 0.746. The zero-order chi connectivity index (χ0) is 15.0. The van der Waals surface area contributed by atoms with Crippen LogP contribution >= 0.6 is 0 Å². The van der Waals surface area contributed by atoms with Gasteiger partial charge in [-0.3, -0.25) is 0 Å². The molecule has 0 heterocycles. The number of hydrogen-bond donors (Lipinski definition) is 0. The molecule has 0 fully saturated rings. The van der Waals surface area contributed by atoms with Gasteiger partial charge in [-0.15, -0.1) is 0 Å². The minimum absolute atomic E-state index is 0.0645. The number of halogens is 6. The fourth-order valence-corrected chi connectivity index (χ4v) is 1.68. The zero-order valence-corrected chi connectivity index (χ0v) is 10.0. The second-order valence-corrected chi connectivity index (χ2v) is 3.95. The van der Waals surface area contributed by atoms with Crippen LogP contribution in [0.2, 0.25) is 0 Å². The van der Waals surface area contributed by atoms with Crippen molar-refractivity contribution in [3.05, 3.63) is 59.2 Å². The van der Waals surface area contributed by atoms with Gasteiger partial charge in [0.1, 0.15) is 11.5 Å². The van der Waals surface area contributed by atoms with Crippen LogP contribution in [0, 0.1) is 34.9 Å². The van der Waals surface area contributed by atoms with E-state index in [-0.39, 0.29) is 5.69 Å². The Kier molecular flexibility index (Phi) is 3.61. The van der Waals surface area contributed by atoms with Gasteiger partial charge in [0, 0.05) is 12.7 Å². The smallest absolute Gasteiger partial charge is 0.200 e. The van der Waals surface area contributed by atoms with Crippen LogP contribution in [-0.4, -0.2) is 7.05 Å². The molecule has 2 aromatic rings. The van der Waals surface area contributed by atoms with Crippen LogP contribution in [0.5, 0.6) is 0 Å². The molecule has 0 unspecified atom stereocenters. The molecule has 7 heteroatoms. The van der Waals surface area contributed by atoms with Gasteiger partial charge < -0.3 is 4.90 Å². The molecule has 20 heavy (non-hydrogen) atoms. The third kappa shape index (κ3) is 2.19. The van der Waals surface area contributed by atoms with Crippen molar-refractivity contribution in [3.63, 3.8) is 0 Å². The van der Waals surface area contributed by atoms with E-state index in [1.165, 1.54) is 0 Å². The summed E-state index contributed by atoms with van der Waals surface area (Å²) < 4.78 is 79.0. The fourth-order valence-electron chi connectivity index (χ4n) is 1.68. The van der Waals surface area contributed by atoms with E-state index in [4.69, 9.17) is 0 Å². The highest BCUT2D eigenvalue weighted by molar-refractivity contribution is 5.63. The SMILES string of the molecule is CN(c1ccc(F)cc1)c1c(F)c(F)c(F)c(F)c1F. The van der Waals surface area contributed by atoms with Gasteiger partial charge in [-0.05, 0) is 24.3 Å². The fraction of sp³-hybridized carbons (Fsp3) is 0.0769. The topological polar surface area (TPSA) is 3.24 Å². The predicted octanol–water partition coefficient (Wildman–Crippen LogP) is 4.29. The van der Waals surface area contributed by atoms with Gasteiger partial charge in [-0.2, -0.15) is 0 Å². The lowest BCUT2D eigenvalue weighted by Gasteiger charge is -2.21. The average molecular weight is 291 g/mol. The minimum Gasteiger partial charge on any atom is -0.340 e. The van der Waals surface area contributed by atoms with Gasteiger partial charge in [-0.1, -0.05) is 0 Å². The van der Waals surface area contributed by atoms with E-state index in [0.29, 0.717) is 0 Å². The van der Waals surface area contributed by atoms with Crippen LogP contribution in [0.3, 0.4) is 0 Å². The molecule has 0 aliphatic carbocycles. The minimum atomic E-state index is -2.23. The molecule has 0 spiro atoms. The molecule has 0 saturated heterocycles. The maximum absolute atomic E-state index is 13.6. The maximum Gasteiger partial charge on any atom is 0.200 e. The highest BCUT2D eigenvalue weighted by Gasteiger charge is 2.28. The van der Waals surface area contributed by atoms with Gasteiger partial charge in [0.15, 0.2) is 23.3 Å². The van der Waals surface area contributed by atoms with E-state index >= 15 is 0 Å². The Morgan fingerprint density at radius 2 is 1.05 bits per heavy atom. The molecule has 0 amide bonds.